The van der Waals surface area contributed by atoms with Gasteiger partial charge in [0.05, 0.1) is 24.0 Å². The van der Waals surface area contributed by atoms with Crippen LogP contribution in [0.5, 0.6) is 5.88 Å². The molecule has 0 bridgehead atoms. The number of halogens is 2. The van der Waals surface area contributed by atoms with Crippen molar-refractivity contribution in [2.75, 3.05) is 45.2 Å². The monoisotopic (exact) mass is 633 g/mol. The predicted molar refractivity (Wildman–Crippen MR) is 170 cm³/mol. The highest BCUT2D eigenvalue weighted by Crippen LogP contribution is 2.33. The van der Waals surface area contributed by atoms with Crippen LogP contribution >= 0.6 is 0 Å². The van der Waals surface area contributed by atoms with Gasteiger partial charge in [-0.25, -0.2) is 14.5 Å². The number of ether oxygens (including phenoxy) is 2. The van der Waals surface area contributed by atoms with E-state index >= 15 is 0 Å². The lowest BCUT2D eigenvalue weighted by atomic mass is 9.94. The second-order valence-electron chi connectivity index (χ2n) is 10.9. The molecule has 3 N–H and O–H groups in total. The van der Waals surface area contributed by atoms with Crippen molar-refractivity contribution in [2.45, 2.75) is 32.4 Å². The Kier molecular flexibility index (Phi) is 10.6. The predicted octanol–water partition coefficient (Wildman–Crippen LogP) is 4.83. The van der Waals surface area contributed by atoms with Crippen molar-refractivity contribution in [1.29, 1.82) is 0 Å². The molecule has 1 aliphatic heterocycles. The number of anilines is 1. The molecular formula is C33H37F2N7O4. The number of carbonyl (C=O) groups is 2. The Hall–Kier alpha value is -4.88. The van der Waals surface area contributed by atoms with Gasteiger partial charge in [-0.1, -0.05) is 48.5 Å². The van der Waals surface area contributed by atoms with E-state index < -0.39 is 24.4 Å². The number of hydrogen-bond acceptors (Lipinski definition) is 7. The van der Waals surface area contributed by atoms with Gasteiger partial charge >= 0.3 is 12.6 Å². The fourth-order valence-corrected chi connectivity index (χ4v) is 5.64. The van der Waals surface area contributed by atoms with Crippen molar-refractivity contribution in [3.8, 4) is 22.8 Å². The topological polar surface area (TPSA) is 123 Å². The van der Waals surface area contributed by atoms with Gasteiger partial charge in [0.2, 0.25) is 5.88 Å². The molecule has 11 nitrogen and oxygen atoms in total. The van der Waals surface area contributed by atoms with Crippen LogP contribution in [0.25, 0.3) is 16.9 Å². The van der Waals surface area contributed by atoms with E-state index in [-0.39, 0.29) is 24.1 Å². The number of likely N-dealkylation sites (tertiary alicyclic amines) is 1. The van der Waals surface area contributed by atoms with E-state index in [2.05, 4.69) is 42.7 Å². The fraction of sp³-hybridized carbons (Fsp3) is 0.333. The lowest BCUT2D eigenvalue weighted by molar-refractivity contribution is -0.0531. The van der Waals surface area contributed by atoms with E-state index in [1.165, 1.54) is 12.3 Å². The van der Waals surface area contributed by atoms with Gasteiger partial charge in [-0.05, 0) is 37.6 Å². The standard InChI is InChI=1S/C33H37F2N7O4/c1-4-36-30(43)25-17-23(18-37-31(25)46-32(34)35)28-21(2)29(42(40-28)24-13-9-6-10-14-24)39-33(44)38-27-20-41(15-16-45-3)19-26(27)22-11-7-5-8-12-22/h5-14,17-18,26-27,32H,4,15-16,19-20H2,1-3H3,(H,36,43)(H2,38,39,44)/t26-,27+/m0/s1. The first-order valence-electron chi connectivity index (χ1n) is 15.0. The summed E-state index contributed by atoms with van der Waals surface area (Å²) < 4.78 is 37.6. The average molecular weight is 634 g/mol. The van der Waals surface area contributed by atoms with Crippen LogP contribution in [0.3, 0.4) is 0 Å². The molecule has 3 amide bonds. The van der Waals surface area contributed by atoms with E-state index in [0.717, 1.165) is 18.7 Å². The maximum absolute atomic E-state index is 13.7. The zero-order valence-electron chi connectivity index (χ0n) is 25.9. The normalized spacial score (nSPS) is 16.4. The third kappa shape index (κ3) is 7.49. The summed E-state index contributed by atoms with van der Waals surface area (Å²) in [7, 11) is 1.67. The van der Waals surface area contributed by atoms with E-state index in [9.17, 15) is 18.4 Å². The van der Waals surface area contributed by atoms with Gasteiger partial charge in [0, 0.05) is 56.5 Å². The molecule has 0 spiro atoms. The van der Waals surface area contributed by atoms with E-state index in [1.807, 2.05) is 48.5 Å². The molecule has 1 fully saturated rings. The number of pyridine rings is 1. The number of aromatic nitrogens is 3. The van der Waals surface area contributed by atoms with Gasteiger partial charge in [-0.2, -0.15) is 13.9 Å². The minimum atomic E-state index is -3.16. The molecular weight excluding hydrogens is 596 g/mol. The lowest BCUT2D eigenvalue weighted by Gasteiger charge is -2.21. The highest BCUT2D eigenvalue weighted by atomic mass is 19.3. The van der Waals surface area contributed by atoms with Crippen molar-refractivity contribution in [3.63, 3.8) is 0 Å². The van der Waals surface area contributed by atoms with Crippen molar-refractivity contribution in [2.24, 2.45) is 0 Å². The molecule has 13 heteroatoms. The molecule has 0 unspecified atom stereocenters. The number of nitrogens with zero attached hydrogens (tertiary/aromatic N) is 4. The van der Waals surface area contributed by atoms with E-state index in [0.29, 0.717) is 41.5 Å². The average Bonchev–Trinajstić information content (AvgIpc) is 3.61. The van der Waals surface area contributed by atoms with Crippen molar-refractivity contribution < 1.29 is 27.8 Å². The molecule has 2 aromatic heterocycles. The molecule has 5 rings (SSSR count). The number of hydrogen-bond donors (Lipinski definition) is 3. The Labute approximate surface area is 265 Å². The summed E-state index contributed by atoms with van der Waals surface area (Å²) in [5.74, 6) is -0.634. The largest absolute Gasteiger partial charge is 0.416 e. The number of para-hydroxylation sites is 1. The minimum absolute atomic E-state index is 0.0761. The maximum atomic E-state index is 13.7. The highest BCUT2D eigenvalue weighted by molar-refractivity contribution is 5.98. The number of alkyl halides is 2. The van der Waals surface area contributed by atoms with Gasteiger partial charge in [0.1, 0.15) is 11.4 Å². The second kappa shape index (κ2) is 14.9. The molecule has 46 heavy (non-hydrogen) atoms. The van der Waals surface area contributed by atoms with Gasteiger partial charge in [0.25, 0.3) is 5.91 Å². The summed E-state index contributed by atoms with van der Waals surface area (Å²) in [5.41, 5.74) is 3.01. The maximum Gasteiger partial charge on any atom is 0.388 e. The SMILES string of the molecule is CCNC(=O)c1cc(-c2nn(-c3ccccc3)c(NC(=O)N[C@@H]3CN(CCOC)C[C@H]3c3ccccc3)c2C)cnc1OC(F)F. The molecule has 1 aliphatic rings. The number of carbonyl (C=O) groups excluding carboxylic acids is 2. The Balaban J connectivity index is 1.47. The molecule has 2 atom stereocenters. The Morgan fingerprint density at radius 2 is 1.78 bits per heavy atom. The van der Waals surface area contributed by atoms with Crippen molar-refractivity contribution in [1.82, 2.24) is 30.3 Å². The van der Waals surface area contributed by atoms with Crippen LogP contribution in [-0.4, -0.2) is 84.2 Å². The number of amides is 3. The summed E-state index contributed by atoms with van der Waals surface area (Å²) in [6.07, 6.45) is 1.31. The minimum Gasteiger partial charge on any atom is -0.416 e. The number of methoxy groups -OCH3 is 1. The summed E-state index contributed by atoms with van der Waals surface area (Å²) >= 11 is 0. The Bertz CT molecular complexity index is 1640. The van der Waals surface area contributed by atoms with Crippen LogP contribution in [0.4, 0.5) is 19.4 Å². The molecule has 242 valence electrons. The fourth-order valence-electron chi connectivity index (χ4n) is 5.64. The van der Waals surface area contributed by atoms with Crippen LogP contribution in [-0.2, 0) is 4.74 Å². The smallest absolute Gasteiger partial charge is 0.388 e. The Morgan fingerprint density at radius 3 is 2.46 bits per heavy atom. The van der Waals surface area contributed by atoms with Gasteiger partial charge < -0.3 is 20.1 Å². The lowest BCUT2D eigenvalue weighted by Crippen LogP contribution is -2.42. The molecule has 0 aliphatic carbocycles. The van der Waals surface area contributed by atoms with Gasteiger partial charge in [-0.15, -0.1) is 0 Å². The van der Waals surface area contributed by atoms with Crippen LogP contribution in [0.1, 0.15) is 34.3 Å². The first kappa shape index (κ1) is 32.5. The number of urea groups is 1. The first-order chi connectivity index (χ1) is 22.3. The number of rotatable bonds is 12. The number of nitrogens with one attached hydrogen (secondary N) is 3. The van der Waals surface area contributed by atoms with Crippen molar-refractivity contribution >= 4 is 17.8 Å². The zero-order chi connectivity index (χ0) is 32.6. The Morgan fingerprint density at radius 1 is 1.07 bits per heavy atom. The molecule has 1 saturated heterocycles. The molecule has 4 aromatic rings. The number of benzene rings is 2. The quantitative estimate of drug-likeness (QED) is 0.204. The summed E-state index contributed by atoms with van der Waals surface area (Å²) in [6.45, 7) is 3.37. The van der Waals surface area contributed by atoms with Crippen LogP contribution in [0.2, 0.25) is 0 Å². The molecule has 0 saturated carbocycles. The summed E-state index contributed by atoms with van der Waals surface area (Å²) in [4.78, 5) is 32.7. The second-order valence-corrected chi connectivity index (χ2v) is 10.9. The molecule has 3 heterocycles. The third-order valence-electron chi connectivity index (χ3n) is 7.81. The van der Waals surface area contributed by atoms with Crippen LogP contribution < -0.4 is 20.7 Å². The van der Waals surface area contributed by atoms with E-state index in [4.69, 9.17) is 9.84 Å². The summed E-state index contributed by atoms with van der Waals surface area (Å²) in [6, 6.07) is 20.2. The first-order valence-corrected chi connectivity index (χ1v) is 15.0. The van der Waals surface area contributed by atoms with Crippen molar-refractivity contribution in [3.05, 3.63) is 89.6 Å². The van der Waals surface area contributed by atoms with Crippen LogP contribution in [0, 0.1) is 6.92 Å². The van der Waals surface area contributed by atoms with Gasteiger partial charge in [-0.3, -0.25) is 15.0 Å². The van der Waals surface area contributed by atoms with Gasteiger partial charge in [0.15, 0.2) is 0 Å². The zero-order valence-corrected chi connectivity index (χ0v) is 25.9. The third-order valence-corrected chi connectivity index (χ3v) is 7.81. The van der Waals surface area contributed by atoms with E-state index in [1.54, 1.807) is 25.6 Å². The highest BCUT2D eigenvalue weighted by Gasteiger charge is 2.35. The molecule has 0 radical (unpaired) electrons. The summed E-state index contributed by atoms with van der Waals surface area (Å²) in [5, 5.41) is 13.5. The molecule has 2 aromatic carbocycles. The van der Waals surface area contributed by atoms with Crippen LogP contribution in [0.15, 0.2) is 72.9 Å².